The number of halogens is 1. The Balaban J connectivity index is 2.06. The summed E-state index contributed by atoms with van der Waals surface area (Å²) in [5, 5.41) is 7.12. The van der Waals surface area contributed by atoms with Gasteiger partial charge in [-0.05, 0) is 25.5 Å². The van der Waals surface area contributed by atoms with Gasteiger partial charge in [0.05, 0.1) is 10.7 Å². The molecule has 0 spiro atoms. The van der Waals surface area contributed by atoms with Gasteiger partial charge in [-0.3, -0.25) is 0 Å². The van der Waals surface area contributed by atoms with Gasteiger partial charge in [0.15, 0.2) is 0 Å². The number of rotatable bonds is 7. The molecule has 0 bridgehead atoms. The van der Waals surface area contributed by atoms with Crippen molar-refractivity contribution in [3.05, 3.63) is 41.2 Å². The van der Waals surface area contributed by atoms with Crippen molar-refractivity contribution in [1.29, 1.82) is 0 Å². The van der Waals surface area contributed by atoms with Gasteiger partial charge in [-0.1, -0.05) is 23.7 Å². The lowest BCUT2D eigenvalue weighted by Gasteiger charge is -2.11. The summed E-state index contributed by atoms with van der Waals surface area (Å²) in [6.45, 7) is 3.38. The molecule has 0 unspecified atom stereocenters. The second-order valence-electron chi connectivity index (χ2n) is 4.56. The maximum absolute atomic E-state index is 6.14. The van der Waals surface area contributed by atoms with Crippen LogP contribution in [0.4, 0.5) is 17.3 Å². The maximum Gasteiger partial charge on any atom is 0.136 e. The molecule has 0 atom stereocenters. The molecular weight excluding hydrogens is 288 g/mol. The Morgan fingerprint density at radius 3 is 2.71 bits per heavy atom. The highest BCUT2D eigenvalue weighted by Gasteiger charge is 2.04. The fourth-order valence-electron chi connectivity index (χ4n) is 1.86. The highest BCUT2D eigenvalue weighted by atomic mass is 35.5. The molecule has 2 rings (SSSR count). The molecular formula is C15H19ClN4O. The standard InChI is InChI=1S/C15H19ClN4O/c1-11-18-14(17-8-5-9-21-2)10-15(19-11)20-13-7-4-3-6-12(13)16/h3-4,6-7,10H,5,8-9H2,1-2H3,(H2,17,18,19,20). The van der Waals surface area contributed by atoms with Gasteiger partial charge in [-0.15, -0.1) is 0 Å². The summed E-state index contributed by atoms with van der Waals surface area (Å²) in [5.41, 5.74) is 0.822. The number of para-hydroxylation sites is 1. The van der Waals surface area contributed by atoms with Crippen molar-refractivity contribution in [1.82, 2.24) is 9.97 Å². The third kappa shape index (κ3) is 4.88. The molecule has 6 heteroatoms. The second kappa shape index (κ2) is 7.81. The number of hydrogen-bond donors (Lipinski definition) is 2. The summed E-state index contributed by atoms with van der Waals surface area (Å²) >= 11 is 6.14. The van der Waals surface area contributed by atoms with Crippen LogP contribution < -0.4 is 10.6 Å². The van der Waals surface area contributed by atoms with Gasteiger partial charge in [-0.2, -0.15) is 0 Å². The maximum atomic E-state index is 6.14. The van der Waals surface area contributed by atoms with E-state index in [2.05, 4.69) is 20.6 Å². The first-order valence-corrected chi connectivity index (χ1v) is 7.17. The fraction of sp³-hybridized carbons (Fsp3) is 0.333. The summed E-state index contributed by atoms with van der Waals surface area (Å²) in [4.78, 5) is 8.73. The van der Waals surface area contributed by atoms with E-state index in [1.165, 1.54) is 0 Å². The van der Waals surface area contributed by atoms with E-state index in [1.807, 2.05) is 37.3 Å². The van der Waals surface area contributed by atoms with Crippen LogP contribution in [0.5, 0.6) is 0 Å². The molecule has 0 saturated heterocycles. The number of aromatic nitrogens is 2. The molecule has 112 valence electrons. The molecule has 2 N–H and O–H groups in total. The molecule has 0 fully saturated rings. The normalized spacial score (nSPS) is 10.4. The third-order valence-corrected chi connectivity index (χ3v) is 3.14. The van der Waals surface area contributed by atoms with Crippen LogP contribution >= 0.6 is 11.6 Å². The van der Waals surface area contributed by atoms with Crippen LogP contribution in [0.2, 0.25) is 5.02 Å². The largest absolute Gasteiger partial charge is 0.385 e. The molecule has 21 heavy (non-hydrogen) atoms. The minimum absolute atomic E-state index is 0.656. The summed E-state index contributed by atoms with van der Waals surface area (Å²) in [5.74, 6) is 2.19. The zero-order valence-corrected chi connectivity index (χ0v) is 12.9. The summed E-state index contributed by atoms with van der Waals surface area (Å²) in [7, 11) is 1.69. The van der Waals surface area contributed by atoms with Crippen LogP contribution in [-0.4, -0.2) is 30.2 Å². The predicted molar refractivity (Wildman–Crippen MR) is 86.5 cm³/mol. The van der Waals surface area contributed by atoms with Crippen molar-refractivity contribution < 1.29 is 4.74 Å². The number of nitrogens with one attached hydrogen (secondary N) is 2. The van der Waals surface area contributed by atoms with E-state index >= 15 is 0 Å². The van der Waals surface area contributed by atoms with Gasteiger partial charge in [0, 0.05) is 26.3 Å². The van der Waals surface area contributed by atoms with Crippen LogP contribution in [0.3, 0.4) is 0 Å². The average Bonchev–Trinajstić information content (AvgIpc) is 2.46. The fourth-order valence-corrected chi connectivity index (χ4v) is 2.04. The number of benzene rings is 1. The number of nitrogens with zero attached hydrogens (tertiary/aromatic N) is 2. The Bertz CT molecular complexity index is 592. The van der Waals surface area contributed by atoms with Gasteiger partial charge in [0.2, 0.25) is 0 Å². The van der Waals surface area contributed by atoms with Gasteiger partial charge in [0.25, 0.3) is 0 Å². The molecule has 1 heterocycles. The van der Waals surface area contributed by atoms with Crippen LogP contribution in [0.1, 0.15) is 12.2 Å². The monoisotopic (exact) mass is 306 g/mol. The van der Waals surface area contributed by atoms with Crippen molar-refractivity contribution in [3.8, 4) is 0 Å². The Labute approximate surface area is 129 Å². The Kier molecular flexibility index (Phi) is 5.78. The minimum Gasteiger partial charge on any atom is -0.385 e. The molecule has 0 amide bonds. The topological polar surface area (TPSA) is 59.1 Å². The molecule has 0 aliphatic heterocycles. The molecule has 1 aromatic heterocycles. The van der Waals surface area contributed by atoms with Gasteiger partial charge >= 0.3 is 0 Å². The number of methoxy groups -OCH3 is 1. The first-order valence-electron chi connectivity index (χ1n) is 6.79. The molecule has 0 saturated carbocycles. The number of ether oxygens (including phenoxy) is 1. The highest BCUT2D eigenvalue weighted by Crippen LogP contribution is 2.24. The summed E-state index contributed by atoms with van der Waals surface area (Å²) in [6.07, 6.45) is 0.923. The van der Waals surface area contributed by atoms with Crippen LogP contribution in [0, 0.1) is 6.92 Å². The third-order valence-electron chi connectivity index (χ3n) is 2.81. The van der Waals surface area contributed by atoms with E-state index in [9.17, 15) is 0 Å². The first kappa shape index (κ1) is 15.5. The van der Waals surface area contributed by atoms with E-state index in [4.69, 9.17) is 16.3 Å². The van der Waals surface area contributed by atoms with Gasteiger partial charge in [-0.25, -0.2) is 9.97 Å². The van der Waals surface area contributed by atoms with Gasteiger partial charge < -0.3 is 15.4 Å². The Morgan fingerprint density at radius 1 is 1.19 bits per heavy atom. The van der Waals surface area contributed by atoms with Crippen LogP contribution in [0.15, 0.2) is 30.3 Å². The van der Waals surface area contributed by atoms with Crippen molar-refractivity contribution >= 4 is 28.9 Å². The van der Waals surface area contributed by atoms with Gasteiger partial charge in [0.1, 0.15) is 17.5 Å². The van der Waals surface area contributed by atoms with Crippen LogP contribution in [-0.2, 0) is 4.74 Å². The van der Waals surface area contributed by atoms with E-state index < -0.39 is 0 Å². The summed E-state index contributed by atoms with van der Waals surface area (Å²) in [6, 6.07) is 9.42. The van der Waals surface area contributed by atoms with Crippen LogP contribution in [0.25, 0.3) is 0 Å². The predicted octanol–water partition coefficient (Wildman–Crippen LogP) is 3.63. The second-order valence-corrected chi connectivity index (χ2v) is 4.97. The van der Waals surface area contributed by atoms with Crippen molar-refractivity contribution in [3.63, 3.8) is 0 Å². The Hall–Kier alpha value is -1.85. The Morgan fingerprint density at radius 2 is 1.95 bits per heavy atom. The highest BCUT2D eigenvalue weighted by molar-refractivity contribution is 6.33. The quantitative estimate of drug-likeness (QED) is 0.765. The zero-order chi connectivity index (χ0) is 15.1. The van der Waals surface area contributed by atoms with Crippen molar-refractivity contribution in [2.75, 3.05) is 30.9 Å². The van der Waals surface area contributed by atoms with E-state index in [0.29, 0.717) is 16.7 Å². The van der Waals surface area contributed by atoms with E-state index in [1.54, 1.807) is 7.11 Å². The van der Waals surface area contributed by atoms with Crippen molar-refractivity contribution in [2.45, 2.75) is 13.3 Å². The number of hydrogen-bond acceptors (Lipinski definition) is 5. The lowest BCUT2D eigenvalue weighted by atomic mass is 10.3. The molecule has 0 aliphatic rings. The van der Waals surface area contributed by atoms with E-state index in [0.717, 1.165) is 31.1 Å². The first-order chi connectivity index (χ1) is 10.2. The average molecular weight is 307 g/mol. The minimum atomic E-state index is 0.656. The molecule has 0 radical (unpaired) electrons. The van der Waals surface area contributed by atoms with Crippen molar-refractivity contribution in [2.24, 2.45) is 0 Å². The number of anilines is 3. The lowest BCUT2D eigenvalue weighted by molar-refractivity contribution is 0.198. The smallest absolute Gasteiger partial charge is 0.136 e. The molecule has 0 aliphatic carbocycles. The number of aryl methyl sites for hydroxylation is 1. The SMILES string of the molecule is COCCCNc1cc(Nc2ccccc2Cl)nc(C)n1. The molecule has 1 aromatic carbocycles. The zero-order valence-electron chi connectivity index (χ0n) is 12.2. The lowest BCUT2D eigenvalue weighted by Crippen LogP contribution is -2.08. The molecule has 2 aromatic rings. The van der Waals surface area contributed by atoms with E-state index in [-0.39, 0.29) is 0 Å². The molecule has 5 nitrogen and oxygen atoms in total. The summed E-state index contributed by atoms with van der Waals surface area (Å²) < 4.78 is 5.02.